The average molecular weight is 796 g/mol. The van der Waals surface area contributed by atoms with Crippen molar-refractivity contribution < 1.29 is 19.1 Å². The highest BCUT2D eigenvalue weighted by molar-refractivity contribution is 5.98. The van der Waals surface area contributed by atoms with E-state index >= 15 is 0 Å². The van der Waals surface area contributed by atoms with Gasteiger partial charge in [0.1, 0.15) is 5.54 Å². The number of benzene rings is 5. The van der Waals surface area contributed by atoms with Gasteiger partial charge in [-0.15, -0.1) is 5.10 Å². The summed E-state index contributed by atoms with van der Waals surface area (Å²) in [5, 5.41) is 17.2. The van der Waals surface area contributed by atoms with Crippen LogP contribution in [0, 0.1) is 0 Å². The summed E-state index contributed by atoms with van der Waals surface area (Å²) in [5.74, 6) is -0.547. The van der Waals surface area contributed by atoms with Crippen LogP contribution in [0.1, 0.15) is 71.3 Å². The van der Waals surface area contributed by atoms with Crippen molar-refractivity contribution in [2.75, 3.05) is 13.7 Å². The van der Waals surface area contributed by atoms with Crippen molar-refractivity contribution in [2.45, 2.75) is 49.9 Å². The minimum atomic E-state index is -1.57. The molecule has 5 aromatic carbocycles. The molecule has 1 N–H and O–H groups in total. The molecule has 2 aromatic heterocycles. The van der Waals surface area contributed by atoms with Gasteiger partial charge in [-0.05, 0) is 75.2 Å². The number of tetrazole rings is 1. The second kappa shape index (κ2) is 17.4. The van der Waals surface area contributed by atoms with E-state index in [-0.39, 0.29) is 24.5 Å². The first-order valence-electron chi connectivity index (χ1n) is 20.2. The number of nitrogens with zero attached hydrogens (tertiary/aromatic N) is 6. The van der Waals surface area contributed by atoms with Crippen LogP contribution < -0.4 is 5.32 Å². The average Bonchev–Trinajstić information content (AvgIpc) is 3.98. The van der Waals surface area contributed by atoms with Gasteiger partial charge in [-0.25, -0.2) is 9.48 Å². The Morgan fingerprint density at radius 2 is 1.37 bits per heavy atom. The maximum atomic E-state index is 14.0. The van der Waals surface area contributed by atoms with Crippen molar-refractivity contribution in [1.29, 1.82) is 0 Å². The summed E-state index contributed by atoms with van der Waals surface area (Å²) in [4.78, 5) is 47.3. The zero-order valence-electron chi connectivity index (χ0n) is 33.5. The Hall–Kier alpha value is -7.11. The van der Waals surface area contributed by atoms with Gasteiger partial charge in [0.15, 0.2) is 17.3 Å². The zero-order chi connectivity index (χ0) is 41.5. The molecule has 8 rings (SSSR count). The number of methoxy groups -OCH3 is 1. The number of carbonyl (C=O) groups is 3. The lowest BCUT2D eigenvalue weighted by atomic mass is 9.77. The van der Waals surface area contributed by atoms with Gasteiger partial charge >= 0.3 is 5.97 Å². The van der Waals surface area contributed by atoms with Gasteiger partial charge < -0.3 is 9.64 Å². The molecule has 60 heavy (non-hydrogen) atoms. The number of ketones is 1. The maximum Gasteiger partial charge on any atom is 0.347 e. The highest BCUT2D eigenvalue weighted by atomic mass is 16.5. The van der Waals surface area contributed by atoms with E-state index in [0.717, 1.165) is 33.4 Å². The number of carbonyl (C=O) groups excluding carboxylic acids is 3. The third kappa shape index (κ3) is 7.17. The summed E-state index contributed by atoms with van der Waals surface area (Å²) in [7, 11) is 1.30. The number of likely N-dealkylation sites (tertiary alicyclic amines) is 1. The van der Waals surface area contributed by atoms with Crippen molar-refractivity contribution in [3.63, 3.8) is 0 Å². The molecule has 1 saturated heterocycles. The molecule has 0 radical (unpaired) electrons. The van der Waals surface area contributed by atoms with Crippen LogP contribution in [-0.4, -0.2) is 67.1 Å². The second-order valence-electron chi connectivity index (χ2n) is 14.8. The van der Waals surface area contributed by atoms with Crippen molar-refractivity contribution in [2.24, 2.45) is 0 Å². The Balaban J connectivity index is 1.21. The summed E-state index contributed by atoms with van der Waals surface area (Å²) < 4.78 is 7.25. The van der Waals surface area contributed by atoms with Crippen molar-refractivity contribution >= 4 is 17.7 Å². The molecular formula is C49H45N7O4. The fourth-order valence-electron chi connectivity index (χ4n) is 8.58. The highest BCUT2D eigenvalue weighted by Crippen LogP contribution is 2.43. The van der Waals surface area contributed by atoms with Gasteiger partial charge in [0.2, 0.25) is 0 Å². The SMILES string of the molecule is CCCC(=O)[C@@H](N[C@@]1(C(=O)OC)CCCN1C(=O)c1cccnc1)c1ccc(-c2ccccc2-c2nnnn2C(c2ccccc2)(c2ccccc2)c2ccccc2)cc1. The lowest BCUT2D eigenvalue weighted by molar-refractivity contribution is -0.155. The van der Waals surface area contributed by atoms with Crippen LogP contribution in [0.25, 0.3) is 22.5 Å². The summed E-state index contributed by atoms with van der Waals surface area (Å²) in [6.07, 6.45) is 4.75. The highest BCUT2D eigenvalue weighted by Gasteiger charge is 2.53. The van der Waals surface area contributed by atoms with E-state index in [2.05, 4.69) is 51.9 Å². The molecule has 7 aromatic rings. The standard InChI is InChI=1S/C49H45N7O4/c1-3-17-43(57)44(51-48(47(59)60-2)31-16-33-55(48)46(58)37-18-15-32-50-34-37)36-29-27-35(28-30-36)41-25-13-14-26-42(41)45-52-53-54-56(45)49(38-19-7-4-8-20-38,39-21-9-5-10-22-39)40-23-11-6-12-24-40/h4-15,18-30,32,34,44,51H,3,16-17,31,33H2,1-2H3/t44-,48-/m0/s1. The first-order valence-corrected chi connectivity index (χ1v) is 20.2. The Morgan fingerprint density at radius 1 is 0.767 bits per heavy atom. The van der Waals surface area contributed by atoms with Crippen LogP contribution >= 0.6 is 0 Å². The molecule has 300 valence electrons. The van der Waals surface area contributed by atoms with E-state index < -0.39 is 23.2 Å². The molecule has 11 nitrogen and oxygen atoms in total. The van der Waals surface area contributed by atoms with Gasteiger partial charge in [0.25, 0.3) is 5.91 Å². The van der Waals surface area contributed by atoms with Crippen molar-refractivity contribution in [3.8, 4) is 22.5 Å². The predicted molar refractivity (Wildman–Crippen MR) is 228 cm³/mol. The zero-order valence-corrected chi connectivity index (χ0v) is 33.5. The molecule has 1 fully saturated rings. The van der Waals surface area contributed by atoms with Crippen molar-refractivity contribution in [3.05, 3.63) is 192 Å². The molecule has 3 heterocycles. The number of hydrogen-bond donors (Lipinski definition) is 1. The molecule has 11 heteroatoms. The number of nitrogens with one attached hydrogen (secondary N) is 1. The van der Waals surface area contributed by atoms with Crippen LogP contribution in [0.3, 0.4) is 0 Å². The summed E-state index contributed by atoms with van der Waals surface area (Å²) in [6.45, 7) is 2.24. The minimum absolute atomic E-state index is 0.104. The van der Waals surface area contributed by atoms with Gasteiger partial charge in [0.05, 0.1) is 18.7 Å². The number of esters is 1. The molecule has 0 spiro atoms. The number of ether oxygens (including phenoxy) is 1. The molecule has 1 aliphatic rings. The Kier molecular flexibility index (Phi) is 11.5. The molecular weight excluding hydrogens is 751 g/mol. The largest absolute Gasteiger partial charge is 0.466 e. The topological polar surface area (TPSA) is 132 Å². The van der Waals surface area contributed by atoms with Gasteiger partial charge in [0, 0.05) is 30.9 Å². The van der Waals surface area contributed by atoms with Gasteiger partial charge in [-0.2, -0.15) is 0 Å². The number of rotatable bonds is 14. The molecule has 0 unspecified atom stereocenters. The number of Topliss-reactive ketones (excluding diaryl/α,β-unsaturated/α-hetero) is 1. The van der Waals surface area contributed by atoms with E-state index in [1.54, 1.807) is 18.3 Å². The van der Waals surface area contributed by atoms with E-state index in [9.17, 15) is 14.4 Å². The smallest absolute Gasteiger partial charge is 0.347 e. The summed E-state index contributed by atoms with van der Waals surface area (Å²) in [6, 6.07) is 48.9. The maximum absolute atomic E-state index is 14.0. The molecule has 1 amide bonds. The van der Waals surface area contributed by atoms with E-state index in [1.165, 1.54) is 18.2 Å². The normalized spacial score (nSPS) is 15.7. The van der Waals surface area contributed by atoms with Gasteiger partial charge in [-0.1, -0.05) is 146 Å². The third-order valence-corrected chi connectivity index (χ3v) is 11.3. The Labute approximate surface area is 349 Å². The first-order chi connectivity index (χ1) is 29.4. The lowest BCUT2D eigenvalue weighted by Crippen LogP contribution is -2.64. The second-order valence-corrected chi connectivity index (χ2v) is 14.8. The number of hydrogen-bond acceptors (Lipinski definition) is 9. The van der Waals surface area contributed by atoms with Gasteiger partial charge in [-0.3, -0.25) is 19.9 Å². The van der Waals surface area contributed by atoms with Crippen LogP contribution in [0.5, 0.6) is 0 Å². The molecule has 2 atom stereocenters. The molecule has 0 bridgehead atoms. The van der Waals surface area contributed by atoms with Crippen LogP contribution in [0.15, 0.2) is 164 Å². The Bertz CT molecular complexity index is 2470. The Morgan fingerprint density at radius 3 is 1.93 bits per heavy atom. The van der Waals surface area contributed by atoms with Crippen molar-refractivity contribution in [1.82, 2.24) is 35.4 Å². The molecule has 1 aliphatic heterocycles. The molecule has 0 aliphatic carbocycles. The van der Waals surface area contributed by atoms with E-state index in [1.807, 2.05) is 115 Å². The van der Waals surface area contributed by atoms with Crippen LogP contribution in [0.2, 0.25) is 0 Å². The van der Waals surface area contributed by atoms with E-state index in [0.29, 0.717) is 36.3 Å². The summed E-state index contributed by atoms with van der Waals surface area (Å²) >= 11 is 0. The number of amides is 1. The third-order valence-electron chi connectivity index (χ3n) is 11.3. The first kappa shape index (κ1) is 39.7. The van der Waals surface area contributed by atoms with Crippen LogP contribution in [-0.2, 0) is 19.9 Å². The minimum Gasteiger partial charge on any atom is -0.466 e. The fraction of sp³-hybridized carbons (Fsp3) is 0.204. The lowest BCUT2D eigenvalue weighted by Gasteiger charge is -2.39. The fourth-order valence-corrected chi connectivity index (χ4v) is 8.58. The molecule has 0 saturated carbocycles. The number of pyridine rings is 1. The van der Waals surface area contributed by atoms with E-state index in [4.69, 9.17) is 15.0 Å². The predicted octanol–water partition coefficient (Wildman–Crippen LogP) is 8.05. The van der Waals surface area contributed by atoms with Crippen LogP contribution in [0.4, 0.5) is 0 Å². The summed E-state index contributed by atoms with van der Waals surface area (Å²) in [5.41, 5.74) is 3.99. The number of aromatic nitrogens is 5. The monoisotopic (exact) mass is 795 g/mol. The quantitative estimate of drug-likeness (QED) is 0.0858.